The molecular weight excluding hydrogens is 410 g/mol. The standard InChI is InChI=1S/C23H33N5O2S/c1-4-18-10-8-11-19(5-2)22(18)26-23(24)25-17-20-9-6-7-12-21(20)31(29,30)28-15-13-27(3)14-16-28/h6-12H,4-5,13-17H2,1-3H3,(H3,24,25,26). The normalized spacial score (nSPS) is 16.4. The van der Waals surface area contributed by atoms with E-state index in [9.17, 15) is 8.42 Å². The summed E-state index contributed by atoms with van der Waals surface area (Å²) in [4.78, 5) is 6.90. The Morgan fingerprint density at radius 1 is 0.968 bits per heavy atom. The average Bonchev–Trinajstić information content (AvgIpc) is 2.78. The summed E-state index contributed by atoms with van der Waals surface area (Å²) in [7, 11) is -1.57. The van der Waals surface area contributed by atoms with Crippen LogP contribution in [0, 0.1) is 0 Å². The van der Waals surface area contributed by atoms with Crippen LogP contribution in [0.5, 0.6) is 0 Å². The highest BCUT2D eigenvalue weighted by Gasteiger charge is 2.29. The first kappa shape index (κ1) is 23.2. The third-order valence-electron chi connectivity index (χ3n) is 5.72. The number of guanidine groups is 1. The Morgan fingerprint density at radius 3 is 2.16 bits per heavy atom. The Labute approximate surface area is 186 Å². The van der Waals surface area contributed by atoms with Crippen molar-refractivity contribution in [2.45, 2.75) is 38.1 Å². The van der Waals surface area contributed by atoms with E-state index in [0.717, 1.165) is 31.6 Å². The quantitative estimate of drug-likeness (QED) is 0.507. The zero-order valence-corrected chi connectivity index (χ0v) is 19.5. The lowest BCUT2D eigenvalue weighted by Crippen LogP contribution is -2.47. The number of anilines is 1. The van der Waals surface area contributed by atoms with Crippen molar-refractivity contribution >= 4 is 21.7 Å². The van der Waals surface area contributed by atoms with E-state index in [1.165, 1.54) is 11.1 Å². The molecule has 0 spiro atoms. The number of aryl methyl sites for hydroxylation is 2. The maximum Gasteiger partial charge on any atom is 0.243 e. The molecule has 2 aromatic rings. The van der Waals surface area contributed by atoms with Gasteiger partial charge >= 0.3 is 0 Å². The van der Waals surface area contributed by atoms with Crippen molar-refractivity contribution in [2.75, 3.05) is 38.5 Å². The fourth-order valence-electron chi connectivity index (χ4n) is 3.79. The lowest BCUT2D eigenvalue weighted by molar-refractivity contribution is 0.222. The lowest BCUT2D eigenvalue weighted by atomic mass is 10.0. The molecule has 1 aliphatic heterocycles. The van der Waals surface area contributed by atoms with Crippen molar-refractivity contribution in [1.82, 2.24) is 9.21 Å². The number of aliphatic imine (C=N–C) groups is 1. The molecule has 1 heterocycles. The number of para-hydroxylation sites is 1. The molecule has 168 valence electrons. The van der Waals surface area contributed by atoms with E-state index in [4.69, 9.17) is 5.73 Å². The fraction of sp³-hybridized carbons (Fsp3) is 0.435. The van der Waals surface area contributed by atoms with Crippen LogP contribution in [0.1, 0.15) is 30.5 Å². The van der Waals surface area contributed by atoms with Crippen molar-refractivity contribution in [3.8, 4) is 0 Å². The van der Waals surface area contributed by atoms with Crippen LogP contribution in [-0.4, -0.2) is 56.8 Å². The molecule has 0 aliphatic carbocycles. The molecule has 0 atom stereocenters. The second kappa shape index (κ2) is 10.3. The molecule has 8 heteroatoms. The zero-order chi connectivity index (χ0) is 22.4. The van der Waals surface area contributed by atoms with E-state index < -0.39 is 10.0 Å². The number of benzene rings is 2. The smallest absolute Gasteiger partial charge is 0.243 e. The Kier molecular flexibility index (Phi) is 7.69. The van der Waals surface area contributed by atoms with Crippen LogP contribution in [0.4, 0.5) is 5.69 Å². The first-order valence-electron chi connectivity index (χ1n) is 10.8. The highest BCUT2D eigenvalue weighted by Crippen LogP contribution is 2.24. The topological polar surface area (TPSA) is 91.0 Å². The van der Waals surface area contributed by atoms with Gasteiger partial charge in [0.1, 0.15) is 0 Å². The van der Waals surface area contributed by atoms with Gasteiger partial charge < -0.3 is 16.0 Å². The molecule has 1 saturated heterocycles. The Balaban J connectivity index is 1.81. The lowest BCUT2D eigenvalue weighted by Gasteiger charge is -2.32. The van der Waals surface area contributed by atoms with Crippen molar-refractivity contribution < 1.29 is 8.42 Å². The maximum absolute atomic E-state index is 13.2. The Hall–Kier alpha value is -2.42. The molecular formula is C23H33N5O2S. The number of rotatable bonds is 7. The van der Waals surface area contributed by atoms with Crippen LogP contribution in [0.3, 0.4) is 0 Å². The summed E-state index contributed by atoms with van der Waals surface area (Å²) >= 11 is 0. The van der Waals surface area contributed by atoms with E-state index in [0.29, 0.717) is 23.5 Å². The summed E-state index contributed by atoms with van der Waals surface area (Å²) in [5.41, 5.74) is 10.2. The molecule has 0 bridgehead atoms. The molecule has 0 saturated carbocycles. The SMILES string of the molecule is CCc1cccc(CC)c1NC(N)=NCc1ccccc1S(=O)(=O)N1CCN(C)CC1. The summed E-state index contributed by atoms with van der Waals surface area (Å²) in [6.45, 7) is 6.85. The zero-order valence-electron chi connectivity index (χ0n) is 18.6. The highest BCUT2D eigenvalue weighted by atomic mass is 32.2. The number of nitrogens with one attached hydrogen (secondary N) is 1. The number of likely N-dealkylation sites (N-methyl/N-ethyl adjacent to an activating group) is 1. The van der Waals surface area contributed by atoms with E-state index in [2.05, 4.69) is 47.3 Å². The monoisotopic (exact) mass is 443 g/mol. The molecule has 1 aliphatic rings. The first-order chi connectivity index (χ1) is 14.9. The van der Waals surface area contributed by atoms with Gasteiger partial charge in [0.15, 0.2) is 5.96 Å². The number of hydrogen-bond donors (Lipinski definition) is 2. The second-order valence-corrected chi connectivity index (χ2v) is 9.71. The number of nitrogens with zero attached hydrogens (tertiary/aromatic N) is 3. The summed E-state index contributed by atoms with van der Waals surface area (Å²) in [6, 6.07) is 13.2. The van der Waals surface area contributed by atoms with Gasteiger partial charge in [0, 0.05) is 31.9 Å². The van der Waals surface area contributed by atoms with Gasteiger partial charge in [-0.05, 0) is 42.6 Å². The van der Waals surface area contributed by atoms with E-state index in [1.54, 1.807) is 22.5 Å². The maximum atomic E-state index is 13.2. The number of piperazine rings is 1. The van der Waals surface area contributed by atoms with Crippen LogP contribution in [0.15, 0.2) is 52.4 Å². The van der Waals surface area contributed by atoms with E-state index >= 15 is 0 Å². The van der Waals surface area contributed by atoms with Crippen molar-refractivity contribution in [3.05, 3.63) is 59.2 Å². The molecule has 0 amide bonds. The third-order valence-corrected chi connectivity index (χ3v) is 7.72. The minimum Gasteiger partial charge on any atom is -0.370 e. The summed E-state index contributed by atoms with van der Waals surface area (Å²) in [6.07, 6.45) is 1.77. The number of nitrogens with two attached hydrogens (primary N) is 1. The molecule has 0 unspecified atom stereocenters. The van der Waals surface area contributed by atoms with Crippen molar-refractivity contribution in [2.24, 2.45) is 10.7 Å². The Morgan fingerprint density at radius 2 is 1.55 bits per heavy atom. The van der Waals surface area contributed by atoms with Gasteiger partial charge in [0.25, 0.3) is 0 Å². The van der Waals surface area contributed by atoms with Crippen LogP contribution < -0.4 is 11.1 Å². The largest absolute Gasteiger partial charge is 0.370 e. The average molecular weight is 444 g/mol. The van der Waals surface area contributed by atoms with Gasteiger partial charge in [0.2, 0.25) is 10.0 Å². The molecule has 3 rings (SSSR count). The predicted octanol–water partition coefficient (Wildman–Crippen LogP) is 2.67. The van der Waals surface area contributed by atoms with Crippen LogP contribution in [0.2, 0.25) is 0 Å². The molecule has 2 aromatic carbocycles. The van der Waals surface area contributed by atoms with Gasteiger partial charge in [-0.25, -0.2) is 13.4 Å². The van der Waals surface area contributed by atoms with Crippen LogP contribution >= 0.6 is 0 Å². The van der Waals surface area contributed by atoms with Crippen LogP contribution in [-0.2, 0) is 29.4 Å². The van der Waals surface area contributed by atoms with Gasteiger partial charge in [-0.1, -0.05) is 50.2 Å². The minimum atomic E-state index is -3.57. The summed E-state index contributed by atoms with van der Waals surface area (Å²) < 4.78 is 28.0. The van der Waals surface area contributed by atoms with E-state index in [-0.39, 0.29) is 12.5 Å². The molecule has 7 nitrogen and oxygen atoms in total. The van der Waals surface area contributed by atoms with Gasteiger partial charge in [-0.15, -0.1) is 0 Å². The van der Waals surface area contributed by atoms with Gasteiger partial charge in [-0.3, -0.25) is 0 Å². The van der Waals surface area contributed by atoms with Crippen molar-refractivity contribution in [1.29, 1.82) is 0 Å². The fourth-order valence-corrected chi connectivity index (χ4v) is 5.43. The molecule has 3 N–H and O–H groups in total. The summed E-state index contributed by atoms with van der Waals surface area (Å²) in [5.74, 6) is 0.280. The summed E-state index contributed by atoms with van der Waals surface area (Å²) in [5, 5.41) is 3.24. The van der Waals surface area contributed by atoms with Gasteiger partial charge in [-0.2, -0.15) is 4.31 Å². The predicted molar refractivity (Wildman–Crippen MR) is 127 cm³/mol. The van der Waals surface area contributed by atoms with Gasteiger partial charge in [0.05, 0.1) is 11.4 Å². The molecule has 31 heavy (non-hydrogen) atoms. The minimum absolute atomic E-state index is 0.192. The van der Waals surface area contributed by atoms with E-state index in [1.807, 2.05) is 13.1 Å². The number of hydrogen-bond acceptors (Lipinski definition) is 4. The third kappa shape index (κ3) is 5.44. The Bertz CT molecular complexity index is 1010. The highest BCUT2D eigenvalue weighted by molar-refractivity contribution is 7.89. The molecule has 1 fully saturated rings. The van der Waals surface area contributed by atoms with Crippen molar-refractivity contribution in [3.63, 3.8) is 0 Å². The molecule has 0 aromatic heterocycles. The second-order valence-electron chi connectivity index (χ2n) is 7.80. The number of sulfonamides is 1. The molecule has 0 radical (unpaired) electrons. The first-order valence-corrected chi connectivity index (χ1v) is 12.2. The van der Waals surface area contributed by atoms with Crippen LogP contribution in [0.25, 0.3) is 0 Å².